The van der Waals surface area contributed by atoms with Crippen molar-refractivity contribution < 1.29 is 0 Å². The third kappa shape index (κ3) is 7.85. The van der Waals surface area contributed by atoms with Crippen molar-refractivity contribution in [3.63, 3.8) is 0 Å². The zero-order chi connectivity index (χ0) is 31.6. The van der Waals surface area contributed by atoms with Crippen LogP contribution in [0.5, 0.6) is 0 Å². The molecule has 1 aliphatic rings. The molecule has 0 radical (unpaired) electrons. The Balaban J connectivity index is 0.000000433. The van der Waals surface area contributed by atoms with Gasteiger partial charge in [-0.3, -0.25) is 0 Å². The Morgan fingerprint density at radius 1 is 0.744 bits per heavy atom. The summed E-state index contributed by atoms with van der Waals surface area (Å²) in [6.07, 6.45) is 10.4. The van der Waals surface area contributed by atoms with Crippen molar-refractivity contribution in [1.29, 1.82) is 0 Å². The molecule has 0 amide bonds. The van der Waals surface area contributed by atoms with E-state index in [2.05, 4.69) is 151 Å². The van der Waals surface area contributed by atoms with Crippen molar-refractivity contribution in [3.05, 3.63) is 148 Å². The van der Waals surface area contributed by atoms with Crippen molar-refractivity contribution in [2.45, 2.75) is 80.6 Å². The summed E-state index contributed by atoms with van der Waals surface area (Å²) in [5, 5.41) is 3.65. The topological polar surface area (TPSA) is 12.0 Å². The van der Waals surface area contributed by atoms with Gasteiger partial charge in [-0.25, -0.2) is 0 Å². The molecule has 0 bridgehead atoms. The molecule has 0 saturated heterocycles. The van der Waals surface area contributed by atoms with Gasteiger partial charge in [0, 0.05) is 16.8 Å². The number of benzene rings is 4. The van der Waals surface area contributed by atoms with Crippen LogP contribution in [0.3, 0.4) is 0 Å². The zero-order valence-corrected chi connectivity index (χ0v) is 27.9. The molecule has 4 aromatic carbocycles. The van der Waals surface area contributed by atoms with E-state index < -0.39 is 0 Å². The van der Waals surface area contributed by atoms with E-state index in [1.54, 1.807) is 0 Å². The monoisotopic (exact) mass is 569 g/mol. The molecule has 0 spiro atoms. The summed E-state index contributed by atoms with van der Waals surface area (Å²) in [6.45, 7) is 23.3. The largest absolute Gasteiger partial charge is 0.356 e. The van der Waals surface area contributed by atoms with Crippen molar-refractivity contribution in [1.82, 2.24) is 0 Å². The molecule has 0 saturated carbocycles. The zero-order valence-electron chi connectivity index (χ0n) is 27.9. The maximum absolute atomic E-state index is 3.88. The molecule has 0 aromatic heterocycles. The van der Waals surface area contributed by atoms with Crippen LogP contribution >= 0.6 is 0 Å². The van der Waals surface area contributed by atoms with Crippen molar-refractivity contribution in [3.8, 4) is 11.1 Å². The Bertz CT molecular complexity index is 1570. The van der Waals surface area contributed by atoms with Crippen LogP contribution in [0.2, 0.25) is 0 Å². The normalized spacial score (nSPS) is 12.8. The first-order valence-electron chi connectivity index (χ1n) is 15.9. The highest BCUT2D eigenvalue weighted by Crippen LogP contribution is 2.49. The number of aryl methyl sites for hydroxylation is 4. The first kappa shape index (κ1) is 33.4. The van der Waals surface area contributed by atoms with Crippen LogP contribution in [0.1, 0.15) is 87.4 Å². The molecule has 224 valence electrons. The molecule has 1 nitrogen and oxygen atoms in total. The minimum Gasteiger partial charge on any atom is -0.356 e. The second kappa shape index (κ2) is 15.4. The molecule has 4 aromatic rings. The fourth-order valence-electron chi connectivity index (χ4n) is 5.62. The molecule has 0 fully saturated rings. The summed E-state index contributed by atoms with van der Waals surface area (Å²) >= 11 is 0. The smallest absolute Gasteiger partial charge is 0.0387 e. The van der Waals surface area contributed by atoms with Gasteiger partial charge in [0.2, 0.25) is 0 Å². The van der Waals surface area contributed by atoms with E-state index in [1.807, 2.05) is 26.8 Å². The van der Waals surface area contributed by atoms with Gasteiger partial charge in [0.25, 0.3) is 0 Å². The second-order valence-corrected chi connectivity index (χ2v) is 11.4. The van der Waals surface area contributed by atoms with Gasteiger partial charge in [-0.15, -0.1) is 0 Å². The number of hydrogen-bond donors (Lipinski definition) is 1. The van der Waals surface area contributed by atoms with Crippen molar-refractivity contribution >= 4 is 17.5 Å². The van der Waals surface area contributed by atoms with Gasteiger partial charge < -0.3 is 5.32 Å². The predicted molar refractivity (Wildman–Crippen MR) is 193 cm³/mol. The minimum absolute atomic E-state index is 0.0469. The molecular weight excluding hydrogens is 518 g/mol. The molecule has 0 atom stereocenters. The van der Waals surface area contributed by atoms with Crippen LogP contribution < -0.4 is 5.32 Å². The SMILES string of the molecule is C=CC(/C=C/c1ccc2c(c1)C(C)(C)c1cc(Nc3ccc(CC)c(CC)c3)ccc1-2)=C\C.CC.Cc1ccccc1C. The summed E-state index contributed by atoms with van der Waals surface area (Å²) in [7, 11) is 0. The van der Waals surface area contributed by atoms with E-state index in [0.29, 0.717) is 0 Å². The Labute approximate surface area is 262 Å². The summed E-state index contributed by atoms with van der Waals surface area (Å²) in [6, 6.07) is 28.8. The maximum Gasteiger partial charge on any atom is 0.0387 e. The van der Waals surface area contributed by atoms with E-state index in [4.69, 9.17) is 0 Å². The quantitative estimate of drug-likeness (QED) is 0.218. The molecule has 5 rings (SSSR count). The highest BCUT2D eigenvalue weighted by molar-refractivity contribution is 5.84. The number of allylic oxidation sites excluding steroid dienone is 4. The Hall–Kier alpha value is -4.10. The number of nitrogens with one attached hydrogen (secondary N) is 1. The van der Waals surface area contributed by atoms with Gasteiger partial charge in [0.15, 0.2) is 0 Å². The lowest BCUT2D eigenvalue weighted by Gasteiger charge is -2.22. The van der Waals surface area contributed by atoms with Crippen LogP contribution in [-0.2, 0) is 18.3 Å². The fourth-order valence-corrected chi connectivity index (χ4v) is 5.62. The summed E-state index contributed by atoms with van der Waals surface area (Å²) in [5.74, 6) is 0. The van der Waals surface area contributed by atoms with Crippen LogP contribution in [-0.4, -0.2) is 0 Å². The number of hydrogen-bond acceptors (Lipinski definition) is 1. The summed E-state index contributed by atoms with van der Waals surface area (Å²) in [4.78, 5) is 0. The average molecular weight is 570 g/mol. The van der Waals surface area contributed by atoms with Crippen LogP contribution in [0, 0.1) is 13.8 Å². The Morgan fingerprint density at radius 2 is 1.30 bits per heavy atom. The van der Waals surface area contributed by atoms with Crippen LogP contribution in [0.15, 0.2) is 109 Å². The first-order chi connectivity index (χ1) is 20.7. The lowest BCUT2D eigenvalue weighted by Crippen LogP contribution is -2.15. The number of fused-ring (bicyclic) bond motifs is 3. The van der Waals surface area contributed by atoms with Gasteiger partial charge >= 0.3 is 0 Å². The molecule has 1 N–H and O–H groups in total. The maximum atomic E-state index is 3.88. The lowest BCUT2D eigenvalue weighted by atomic mass is 9.82. The highest BCUT2D eigenvalue weighted by Gasteiger charge is 2.35. The summed E-state index contributed by atoms with van der Waals surface area (Å²) < 4.78 is 0. The molecule has 0 aliphatic heterocycles. The van der Waals surface area contributed by atoms with Gasteiger partial charge in [-0.05, 0) is 114 Å². The van der Waals surface area contributed by atoms with Gasteiger partial charge in [0.05, 0.1) is 0 Å². The van der Waals surface area contributed by atoms with E-state index >= 15 is 0 Å². The lowest BCUT2D eigenvalue weighted by molar-refractivity contribution is 0.660. The third-order valence-corrected chi connectivity index (χ3v) is 8.42. The highest BCUT2D eigenvalue weighted by atomic mass is 14.9. The van der Waals surface area contributed by atoms with Crippen LogP contribution in [0.4, 0.5) is 11.4 Å². The molecular formula is C42H51N. The van der Waals surface area contributed by atoms with Crippen LogP contribution in [0.25, 0.3) is 17.2 Å². The molecule has 0 heterocycles. The molecule has 0 unspecified atom stereocenters. The Morgan fingerprint density at radius 3 is 1.86 bits per heavy atom. The minimum atomic E-state index is -0.0469. The first-order valence-corrected chi connectivity index (χ1v) is 15.9. The molecule has 1 aliphatic carbocycles. The van der Waals surface area contributed by atoms with Crippen molar-refractivity contribution in [2.24, 2.45) is 0 Å². The van der Waals surface area contributed by atoms with E-state index in [-0.39, 0.29) is 5.41 Å². The average Bonchev–Trinajstić information content (AvgIpc) is 3.25. The third-order valence-electron chi connectivity index (χ3n) is 8.42. The molecule has 1 heteroatoms. The number of anilines is 2. The van der Waals surface area contributed by atoms with E-state index in [9.17, 15) is 0 Å². The van der Waals surface area contributed by atoms with Gasteiger partial charge in [-0.2, -0.15) is 0 Å². The summed E-state index contributed by atoms with van der Waals surface area (Å²) in [5.41, 5.74) is 15.7. The predicted octanol–water partition coefficient (Wildman–Crippen LogP) is 12.3. The van der Waals surface area contributed by atoms with Gasteiger partial charge in [0.1, 0.15) is 0 Å². The van der Waals surface area contributed by atoms with E-state index in [0.717, 1.165) is 29.8 Å². The van der Waals surface area contributed by atoms with E-state index in [1.165, 1.54) is 50.1 Å². The van der Waals surface area contributed by atoms with Gasteiger partial charge in [-0.1, -0.05) is 127 Å². The Kier molecular flexibility index (Phi) is 12.0. The fraction of sp³-hybridized carbons (Fsp3) is 0.286. The molecule has 43 heavy (non-hydrogen) atoms. The second-order valence-electron chi connectivity index (χ2n) is 11.4. The number of rotatable bonds is 7. The standard InChI is InChI=1S/C32H35N.C8H10.C2H6/c1-7-22(8-2)11-12-23-13-17-28-29-18-16-27(21-31(29)32(5,6)30(28)19-23)33-26-15-14-24(9-3)25(10-4)20-26;1-7-5-3-4-6-8(7)2;1-2/h7-8,11-21,33H,1,9-10H2,2-6H3;3-6H,1-2H3;1-2H3/b12-11+,22-8+;;. The van der Waals surface area contributed by atoms with Crippen molar-refractivity contribution in [2.75, 3.05) is 5.32 Å².